The van der Waals surface area contributed by atoms with E-state index >= 15 is 0 Å². The first-order valence-electron chi connectivity index (χ1n) is 6.54. The number of rotatable bonds is 4. The molecular formula is C14H18BrFN2O2. The number of ether oxygens (including phenoxy) is 2. The topological polar surface area (TPSA) is 68.3 Å². The van der Waals surface area contributed by atoms with E-state index in [4.69, 9.17) is 20.6 Å². The molecule has 1 aromatic carbocycles. The predicted molar refractivity (Wildman–Crippen MR) is 78.8 cm³/mol. The smallest absolute Gasteiger partial charge is 0.179 e. The Morgan fingerprint density at radius 3 is 2.75 bits per heavy atom. The maximum Gasteiger partial charge on any atom is 0.179 e. The van der Waals surface area contributed by atoms with Gasteiger partial charge in [-0.2, -0.15) is 0 Å². The summed E-state index contributed by atoms with van der Waals surface area (Å²) in [6.07, 6.45) is 3.83. The van der Waals surface area contributed by atoms with Crippen LogP contribution in [0.4, 0.5) is 4.39 Å². The number of halogens is 2. The van der Waals surface area contributed by atoms with Crippen molar-refractivity contribution in [1.29, 1.82) is 5.41 Å². The summed E-state index contributed by atoms with van der Waals surface area (Å²) in [4.78, 5) is 0. The molecule has 3 N–H and O–H groups in total. The lowest BCUT2D eigenvalue weighted by molar-refractivity contribution is 0.0197. The van der Waals surface area contributed by atoms with Gasteiger partial charge in [-0.15, -0.1) is 0 Å². The highest BCUT2D eigenvalue weighted by Crippen LogP contribution is 2.31. The van der Waals surface area contributed by atoms with Crippen molar-refractivity contribution in [3.05, 3.63) is 28.0 Å². The summed E-state index contributed by atoms with van der Waals surface area (Å²) >= 11 is 3.12. The zero-order chi connectivity index (χ0) is 14.7. The molecule has 1 aromatic rings. The summed E-state index contributed by atoms with van der Waals surface area (Å²) in [6, 6.07) is 3.11. The van der Waals surface area contributed by atoms with Crippen LogP contribution in [-0.2, 0) is 4.74 Å². The van der Waals surface area contributed by atoms with Gasteiger partial charge in [-0.05, 0) is 47.3 Å². The van der Waals surface area contributed by atoms with Crippen LogP contribution < -0.4 is 10.5 Å². The molecule has 1 fully saturated rings. The average molecular weight is 345 g/mol. The first kappa shape index (κ1) is 15.3. The van der Waals surface area contributed by atoms with Crippen molar-refractivity contribution < 1.29 is 13.9 Å². The van der Waals surface area contributed by atoms with Crippen LogP contribution in [0.1, 0.15) is 31.2 Å². The molecule has 0 saturated heterocycles. The molecule has 0 spiro atoms. The SMILES string of the molecule is COC1CCCC(Oc2ccc(C(=N)N)c(Br)c2F)C1. The molecule has 0 amide bonds. The molecular weight excluding hydrogens is 327 g/mol. The normalized spacial score (nSPS) is 22.6. The number of methoxy groups -OCH3 is 1. The van der Waals surface area contributed by atoms with Crippen LogP contribution in [0, 0.1) is 11.2 Å². The van der Waals surface area contributed by atoms with E-state index in [1.165, 1.54) is 6.07 Å². The molecule has 110 valence electrons. The molecule has 1 saturated carbocycles. The van der Waals surface area contributed by atoms with Crippen LogP contribution >= 0.6 is 15.9 Å². The summed E-state index contributed by atoms with van der Waals surface area (Å²) < 4.78 is 25.4. The lowest BCUT2D eigenvalue weighted by Crippen LogP contribution is -2.29. The first-order valence-corrected chi connectivity index (χ1v) is 7.34. The molecule has 20 heavy (non-hydrogen) atoms. The number of benzene rings is 1. The molecule has 2 rings (SSSR count). The lowest BCUT2D eigenvalue weighted by Gasteiger charge is -2.29. The third kappa shape index (κ3) is 3.30. The van der Waals surface area contributed by atoms with Crippen LogP contribution in [-0.4, -0.2) is 25.2 Å². The Balaban J connectivity index is 2.14. The molecule has 6 heteroatoms. The molecule has 0 aromatic heterocycles. The van der Waals surface area contributed by atoms with Gasteiger partial charge in [0.05, 0.1) is 10.6 Å². The van der Waals surface area contributed by atoms with E-state index < -0.39 is 5.82 Å². The van der Waals surface area contributed by atoms with Crippen molar-refractivity contribution in [3.8, 4) is 5.75 Å². The van der Waals surface area contributed by atoms with Crippen molar-refractivity contribution in [2.75, 3.05) is 7.11 Å². The maximum atomic E-state index is 14.2. The second-order valence-corrected chi connectivity index (χ2v) is 5.71. The fourth-order valence-electron chi connectivity index (χ4n) is 2.43. The third-order valence-electron chi connectivity index (χ3n) is 3.54. The zero-order valence-corrected chi connectivity index (χ0v) is 12.9. The highest BCUT2D eigenvalue weighted by molar-refractivity contribution is 9.10. The predicted octanol–water partition coefficient (Wildman–Crippen LogP) is 3.21. The summed E-state index contributed by atoms with van der Waals surface area (Å²) in [6.45, 7) is 0. The first-order chi connectivity index (χ1) is 9.52. The van der Waals surface area contributed by atoms with E-state index in [1.54, 1.807) is 13.2 Å². The van der Waals surface area contributed by atoms with Gasteiger partial charge < -0.3 is 15.2 Å². The van der Waals surface area contributed by atoms with Crippen molar-refractivity contribution in [1.82, 2.24) is 0 Å². The quantitative estimate of drug-likeness (QED) is 0.650. The summed E-state index contributed by atoms with van der Waals surface area (Å²) in [5.41, 5.74) is 5.71. The molecule has 0 radical (unpaired) electrons. The van der Waals surface area contributed by atoms with Crippen LogP contribution in [0.3, 0.4) is 0 Å². The van der Waals surface area contributed by atoms with Gasteiger partial charge in [-0.3, -0.25) is 5.41 Å². The second-order valence-electron chi connectivity index (χ2n) is 4.92. The third-order valence-corrected chi connectivity index (χ3v) is 4.32. The second kappa shape index (κ2) is 6.54. The van der Waals surface area contributed by atoms with Gasteiger partial charge in [-0.1, -0.05) is 0 Å². The zero-order valence-electron chi connectivity index (χ0n) is 11.3. The van der Waals surface area contributed by atoms with Gasteiger partial charge in [0.1, 0.15) is 11.9 Å². The molecule has 0 aliphatic heterocycles. The Hall–Kier alpha value is -1.14. The minimum atomic E-state index is -0.516. The van der Waals surface area contributed by atoms with Crippen molar-refractivity contribution >= 4 is 21.8 Å². The van der Waals surface area contributed by atoms with Gasteiger partial charge in [0.2, 0.25) is 0 Å². The van der Waals surface area contributed by atoms with E-state index in [1.807, 2.05) is 0 Å². The molecule has 1 aliphatic rings. The lowest BCUT2D eigenvalue weighted by atomic mass is 9.95. The number of nitrogens with one attached hydrogen (secondary N) is 1. The minimum absolute atomic E-state index is 0.0433. The maximum absolute atomic E-state index is 14.2. The van der Waals surface area contributed by atoms with Gasteiger partial charge in [0.25, 0.3) is 0 Å². The van der Waals surface area contributed by atoms with Gasteiger partial charge in [0.15, 0.2) is 11.6 Å². The Labute approximate surface area is 126 Å². The summed E-state index contributed by atoms with van der Waals surface area (Å²) in [7, 11) is 1.69. The van der Waals surface area contributed by atoms with Crippen LogP contribution in [0.5, 0.6) is 5.75 Å². The molecule has 1 aliphatic carbocycles. The standard InChI is InChI=1S/C14H18BrFN2O2/c1-19-8-3-2-4-9(7-8)20-11-6-5-10(14(17)18)12(15)13(11)16/h5-6,8-9H,2-4,7H2,1H3,(H3,17,18). The Morgan fingerprint density at radius 1 is 1.40 bits per heavy atom. The number of hydrogen-bond acceptors (Lipinski definition) is 3. The summed E-state index contributed by atoms with van der Waals surface area (Å²) in [5, 5.41) is 7.37. The van der Waals surface area contributed by atoms with Gasteiger partial charge >= 0.3 is 0 Å². The number of nitrogen functional groups attached to an aromatic ring is 1. The average Bonchev–Trinajstić information content (AvgIpc) is 2.44. The van der Waals surface area contributed by atoms with Gasteiger partial charge in [0, 0.05) is 19.1 Å². The van der Waals surface area contributed by atoms with E-state index in [9.17, 15) is 4.39 Å². The van der Waals surface area contributed by atoms with Crippen molar-refractivity contribution in [2.24, 2.45) is 5.73 Å². The fraction of sp³-hybridized carbons (Fsp3) is 0.500. The molecule has 2 unspecified atom stereocenters. The van der Waals surface area contributed by atoms with E-state index in [-0.39, 0.29) is 28.3 Å². The highest BCUT2D eigenvalue weighted by atomic mass is 79.9. The largest absolute Gasteiger partial charge is 0.487 e. The van der Waals surface area contributed by atoms with E-state index in [0.717, 1.165) is 25.7 Å². The van der Waals surface area contributed by atoms with Gasteiger partial charge in [-0.25, -0.2) is 4.39 Å². The van der Waals surface area contributed by atoms with E-state index in [0.29, 0.717) is 5.56 Å². The van der Waals surface area contributed by atoms with Crippen molar-refractivity contribution in [2.45, 2.75) is 37.9 Å². The Morgan fingerprint density at radius 2 is 2.10 bits per heavy atom. The number of amidine groups is 1. The minimum Gasteiger partial charge on any atom is -0.487 e. The monoisotopic (exact) mass is 344 g/mol. The number of hydrogen-bond donors (Lipinski definition) is 2. The molecule has 0 bridgehead atoms. The molecule has 4 nitrogen and oxygen atoms in total. The molecule has 2 atom stereocenters. The van der Waals surface area contributed by atoms with Crippen LogP contribution in [0.25, 0.3) is 0 Å². The Bertz CT molecular complexity index is 510. The molecule has 0 heterocycles. The van der Waals surface area contributed by atoms with Crippen LogP contribution in [0.2, 0.25) is 0 Å². The van der Waals surface area contributed by atoms with Crippen molar-refractivity contribution in [3.63, 3.8) is 0 Å². The summed E-state index contributed by atoms with van der Waals surface area (Å²) in [5.74, 6) is -0.514. The van der Waals surface area contributed by atoms with E-state index in [2.05, 4.69) is 15.9 Å². The Kier molecular flexibility index (Phi) is 4.99. The highest BCUT2D eigenvalue weighted by Gasteiger charge is 2.24. The van der Waals surface area contributed by atoms with Crippen LogP contribution in [0.15, 0.2) is 16.6 Å². The number of nitrogens with two attached hydrogens (primary N) is 1. The fourth-order valence-corrected chi connectivity index (χ4v) is 2.97.